The number of hydrogen-bond acceptors (Lipinski definition) is 4. The van der Waals surface area contributed by atoms with E-state index >= 15 is 0 Å². The number of hydrogen-bond donors (Lipinski definition) is 2. The highest BCUT2D eigenvalue weighted by Crippen LogP contribution is 2.16. The lowest BCUT2D eigenvalue weighted by molar-refractivity contribution is -0.384. The predicted molar refractivity (Wildman–Crippen MR) is 75.1 cm³/mol. The molecular formula is C14H19N3O3. The van der Waals surface area contributed by atoms with Crippen LogP contribution < -0.4 is 10.6 Å². The standard InChI is InChI=1S/C14H19N3O3/c1-10-8-12(6-7-15-10)14(18)16-9-11-2-4-13(5-3-11)17(19)20/h2-5,10,12,15H,6-9H2,1H3,(H,16,18). The van der Waals surface area contributed by atoms with Crippen LogP contribution in [0.4, 0.5) is 5.69 Å². The largest absolute Gasteiger partial charge is 0.352 e. The van der Waals surface area contributed by atoms with Crippen molar-refractivity contribution in [2.45, 2.75) is 32.4 Å². The summed E-state index contributed by atoms with van der Waals surface area (Å²) in [4.78, 5) is 22.2. The normalized spacial score (nSPS) is 22.2. The molecule has 1 amide bonds. The summed E-state index contributed by atoms with van der Waals surface area (Å²) in [6, 6.07) is 6.62. The molecule has 0 radical (unpaired) electrons. The van der Waals surface area contributed by atoms with Gasteiger partial charge >= 0.3 is 0 Å². The Labute approximate surface area is 117 Å². The number of nitro groups is 1. The summed E-state index contributed by atoms with van der Waals surface area (Å²) < 4.78 is 0. The zero-order valence-electron chi connectivity index (χ0n) is 11.5. The number of piperidine rings is 1. The fraction of sp³-hybridized carbons (Fsp3) is 0.500. The molecule has 0 bridgehead atoms. The lowest BCUT2D eigenvalue weighted by Crippen LogP contribution is -2.42. The van der Waals surface area contributed by atoms with E-state index in [1.807, 2.05) is 0 Å². The fourth-order valence-electron chi connectivity index (χ4n) is 2.44. The van der Waals surface area contributed by atoms with Crippen LogP contribution in [0, 0.1) is 16.0 Å². The summed E-state index contributed by atoms with van der Waals surface area (Å²) in [6.45, 7) is 3.36. The first-order chi connectivity index (χ1) is 9.56. The summed E-state index contributed by atoms with van der Waals surface area (Å²) in [7, 11) is 0. The van der Waals surface area contributed by atoms with Crippen LogP contribution in [-0.2, 0) is 11.3 Å². The van der Waals surface area contributed by atoms with Gasteiger partial charge in [0.2, 0.25) is 5.91 Å². The molecule has 1 aromatic rings. The van der Waals surface area contributed by atoms with Crippen LogP contribution in [0.5, 0.6) is 0 Å². The molecule has 0 aliphatic carbocycles. The van der Waals surface area contributed by atoms with Crippen molar-refractivity contribution in [3.63, 3.8) is 0 Å². The third-order valence-corrected chi connectivity index (χ3v) is 3.61. The van der Waals surface area contributed by atoms with Gasteiger partial charge in [0, 0.05) is 30.6 Å². The van der Waals surface area contributed by atoms with E-state index < -0.39 is 4.92 Å². The van der Waals surface area contributed by atoms with Crippen molar-refractivity contribution < 1.29 is 9.72 Å². The van der Waals surface area contributed by atoms with Crippen LogP contribution in [0.1, 0.15) is 25.3 Å². The lowest BCUT2D eigenvalue weighted by Gasteiger charge is -2.27. The van der Waals surface area contributed by atoms with Crippen LogP contribution in [0.3, 0.4) is 0 Å². The van der Waals surface area contributed by atoms with Crippen LogP contribution in [0.25, 0.3) is 0 Å². The molecule has 1 fully saturated rings. The third kappa shape index (κ3) is 3.77. The van der Waals surface area contributed by atoms with Gasteiger partial charge in [0.25, 0.3) is 5.69 Å². The van der Waals surface area contributed by atoms with Gasteiger partial charge in [-0.05, 0) is 31.9 Å². The summed E-state index contributed by atoms with van der Waals surface area (Å²) in [5, 5.41) is 16.8. The van der Waals surface area contributed by atoms with E-state index in [-0.39, 0.29) is 17.5 Å². The Bertz CT molecular complexity index is 487. The number of benzene rings is 1. The van der Waals surface area contributed by atoms with Gasteiger partial charge < -0.3 is 10.6 Å². The van der Waals surface area contributed by atoms with Gasteiger partial charge in [-0.25, -0.2) is 0 Å². The molecule has 0 aromatic heterocycles. The highest BCUT2D eigenvalue weighted by atomic mass is 16.6. The highest BCUT2D eigenvalue weighted by molar-refractivity contribution is 5.78. The Balaban J connectivity index is 1.85. The van der Waals surface area contributed by atoms with Crippen LogP contribution in [-0.4, -0.2) is 23.4 Å². The smallest absolute Gasteiger partial charge is 0.269 e. The molecule has 2 rings (SSSR count). The maximum atomic E-state index is 12.0. The van der Waals surface area contributed by atoms with E-state index in [1.165, 1.54) is 12.1 Å². The second-order valence-corrected chi connectivity index (χ2v) is 5.22. The van der Waals surface area contributed by atoms with Gasteiger partial charge in [-0.2, -0.15) is 0 Å². The summed E-state index contributed by atoms with van der Waals surface area (Å²) in [6.07, 6.45) is 1.71. The molecule has 1 aliphatic heterocycles. The molecule has 2 N–H and O–H groups in total. The lowest BCUT2D eigenvalue weighted by atomic mass is 9.92. The molecule has 6 nitrogen and oxygen atoms in total. The van der Waals surface area contributed by atoms with Gasteiger partial charge in [-0.3, -0.25) is 14.9 Å². The first kappa shape index (κ1) is 14.5. The van der Waals surface area contributed by atoms with Crippen molar-refractivity contribution >= 4 is 11.6 Å². The van der Waals surface area contributed by atoms with E-state index in [0.717, 1.165) is 24.9 Å². The van der Waals surface area contributed by atoms with E-state index in [4.69, 9.17) is 0 Å². The molecule has 20 heavy (non-hydrogen) atoms. The Morgan fingerprint density at radius 2 is 2.15 bits per heavy atom. The Hall–Kier alpha value is -1.95. The van der Waals surface area contributed by atoms with Gasteiger partial charge in [0.05, 0.1) is 4.92 Å². The van der Waals surface area contributed by atoms with Gasteiger partial charge in [-0.15, -0.1) is 0 Å². The minimum Gasteiger partial charge on any atom is -0.352 e. The number of nitrogens with zero attached hydrogens (tertiary/aromatic N) is 1. The molecule has 0 saturated carbocycles. The van der Waals surface area contributed by atoms with E-state index in [9.17, 15) is 14.9 Å². The van der Waals surface area contributed by atoms with Crippen molar-refractivity contribution in [2.75, 3.05) is 6.54 Å². The monoisotopic (exact) mass is 277 g/mol. The van der Waals surface area contributed by atoms with Crippen molar-refractivity contribution in [3.8, 4) is 0 Å². The fourth-order valence-corrected chi connectivity index (χ4v) is 2.44. The molecular weight excluding hydrogens is 258 g/mol. The number of carbonyl (C=O) groups is 1. The van der Waals surface area contributed by atoms with Crippen LogP contribution >= 0.6 is 0 Å². The molecule has 2 unspecified atom stereocenters. The van der Waals surface area contributed by atoms with Crippen molar-refractivity contribution in [2.24, 2.45) is 5.92 Å². The Kier molecular flexibility index (Phi) is 4.68. The zero-order valence-corrected chi connectivity index (χ0v) is 11.5. The second kappa shape index (κ2) is 6.47. The molecule has 0 spiro atoms. The maximum absolute atomic E-state index is 12.0. The summed E-state index contributed by atoms with van der Waals surface area (Å²) in [5.41, 5.74) is 0.929. The molecule has 6 heteroatoms. The molecule has 1 aliphatic rings. The molecule has 108 valence electrons. The molecule has 1 saturated heterocycles. The molecule has 2 atom stereocenters. The van der Waals surface area contributed by atoms with E-state index in [1.54, 1.807) is 12.1 Å². The van der Waals surface area contributed by atoms with Gasteiger partial charge in [0.15, 0.2) is 0 Å². The number of nitro benzene ring substituents is 1. The minimum atomic E-state index is -0.432. The maximum Gasteiger partial charge on any atom is 0.269 e. The number of amides is 1. The number of nitrogens with one attached hydrogen (secondary N) is 2. The topological polar surface area (TPSA) is 84.3 Å². The minimum absolute atomic E-state index is 0.0595. The second-order valence-electron chi connectivity index (χ2n) is 5.22. The quantitative estimate of drug-likeness (QED) is 0.646. The van der Waals surface area contributed by atoms with Crippen LogP contribution in [0.2, 0.25) is 0 Å². The number of rotatable bonds is 4. The van der Waals surface area contributed by atoms with Crippen molar-refractivity contribution in [3.05, 3.63) is 39.9 Å². The van der Waals surface area contributed by atoms with Crippen LogP contribution in [0.15, 0.2) is 24.3 Å². The summed E-state index contributed by atoms with van der Waals surface area (Å²) in [5.74, 6) is 0.126. The highest BCUT2D eigenvalue weighted by Gasteiger charge is 2.24. The third-order valence-electron chi connectivity index (χ3n) is 3.61. The van der Waals surface area contributed by atoms with E-state index in [0.29, 0.717) is 12.6 Å². The average Bonchev–Trinajstić information content (AvgIpc) is 2.45. The Morgan fingerprint density at radius 1 is 1.45 bits per heavy atom. The first-order valence-electron chi connectivity index (χ1n) is 6.80. The van der Waals surface area contributed by atoms with Gasteiger partial charge in [-0.1, -0.05) is 12.1 Å². The first-order valence-corrected chi connectivity index (χ1v) is 6.80. The van der Waals surface area contributed by atoms with Crippen molar-refractivity contribution in [1.29, 1.82) is 0 Å². The molecule has 1 aromatic carbocycles. The average molecular weight is 277 g/mol. The van der Waals surface area contributed by atoms with Gasteiger partial charge in [0.1, 0.15) is 0 Å². The van der Waals surface area contributed by atoms with Crippen molar-refractivity contribution in [1.82, 2.24) is 10.6 Å². The number of non-ortho nitro benzene ring substituents is 1. The Morgan fingerprint density at radius 3 is 2.75 bits per heavy atom. The SMILES string of the molecule is CC1CC(C(=O)NCc2ccc([N+](=O)[O-])cc2)CCN1. The molecule has 1 heterocycles. The van der Waals surface area contributed by atoms with E-state index in [2.05, 4.69) is 17.6 Å². The predicted octanol–water partition coefficient (Wildman–Crippen LogP) is 1.60. The zero-order chi connectivity index (χ0) is 14.5. The summed E-state index contributed by atoms with van der Waals surface area (Å²) >= 11 is 0. The number of carbonyl (C=O) groups excluding carboxylic acids is 1.